The van der Waals surface area contributed by atoms with Crippen molar-refractivity contribution in [2.45, 2.75) is 25.3 Å². The van der Waals surface area contributed by atoms with Gasteiger partial charge in [-0.15, -0.1) is 0 Å². The van der Waals surface area contributed by atoms with Crippen molar-refractivity contribution in [1.82, 2.24) is 4.90 Å². The Morgan fingerprint density at radius 3 is 2.52 bits per heavy atom. The zero-order chi connectivity index (χ0) is 20.6. The highest BCUT2D eigenvalue weighted by Gasteiger charge is 2.56. The van der Waals surface area contributed by atoms with Gasteiger partial charge in [0.2, 0.25) is 5.91 Å². The highest BCUT2D eigenvalue weighted by Crippen LogP contribution is 2.49. The predicted molar refractivity (Wildman–Crippen MR) is 106 cm³/mol. The first-order valence-corrected chi connectivity index (χ1v) is 9.74. The third-order valence-electron chi connectivity index (χ3n) is 6.28. The fourth-order valence-electron chi connectivity index (χ4n) is 4.79. The molecule has 4 nitrogen and oxygen atoms in total. The number of hydrogen-bond donors (Lipinski definition) is 0. The summed E-state index contributed by atoms with van der Waals surface area (Å²) < 4.78 is 14.2. The molecule has 0 radical (unpaired) electrons. The molecule has 0 spiro atoms. The summed E-state index contributed by atoms with van der Waals surface area (Å²) in [6.45, 7) is 2.40. The quantitative estimate of drug-likeness (QED) is 0.804. The number of piperidine rings is 1. The van der Waals surface area contributed by atoms with Gasteiger partial charge in [0.05, 0.1) is 11.0 Å². The van der Waals surface area contributed by atoms with Crippen LogP contribution in [0.5, 0.6) is 0 Å². The van der Waals surface area contributed by atoms with Crippen LogP contribution in [0.1, 0.15) is 24.5 Å². The van der Waals surface area contributed by atoms with E-state index in [0.29, 0.717) is 18.5 Å². The number of carbonyl (C=O) groups is 2. The summed E-state index contributed by atoms with van der Waals surface area (Å²) in [5.41, 5.74) is 0.148. The van der Waals surface area contributed by atoms with Gasteiger partial charge >= 0.3 is 0 Å². The van der Waals surface area contributed by atoms with E-state index in [1.54, 1.807) is 36.1 Å². The SMILES string of the molecule is C[C@H]1C(=O)C(C#N)=C[C@@]2(c3ccccc3)C(=O)N(Cc3ccccc3F)CCC12. The van der Waals surface area contributed by atoms with E-state index in [0.717, 1.165) is 5.56 Å². The van der Waals surface area contributed by atoms with Gasteiger partial charge in [-0.2, -0.15) is 5.26 Å². The maximum absolute atomic E-state index is 14.2. The van der Waals surface area contributed by atoms with Crippen LogP contribution in [0.25, 0.3) is 0 Å². The molecule has 1 amide bonds. The van der Waals surface area contributed by atoms with E-state index in [1.165, 1.54) is 6.07 Å². The van der Waals surface area contributed by atoms with Crippen molar-refractivity contribution in [2.75, 3.05) is 6.54 Å². The Hall–Kier alpha value is -3.26. The van der Waals surface area contributed by atoms with E-state index in [-0.39, 0.29) is 35.5 Å². The van der Waals surface area contributed by atoms with E-state index in [2.05, 4.69) is 0 Å². The Morgan fingerprint density at radius 1 is 1.14 bits per heavy atom. The molecule has 1 heterocycles. The number of benzene rings is 2. The zero-order valence-electron chi connectivity index (χ0n) is 16.1. The van der Waals surface area contributed by atoms with Crippen LogP contribution in [0.15, 0.2) is 66.2 Å². The maximum Gasteiger partial charge on any atom is 0.237 e. The predicted octanol–water partition coefficient (Wildman–Crippen LogP) is 3.78. The van der Waals surface area contributed by atoms with Gasteiger partial charge in [-0.3, -0.25) is 9.59 Å². The second kappa shape index (κ2) is 7.29. The van der Waals surface area contributed by atoms with E-state index in [1.807, 2.05) is 36.4 Å². The molecule has 1 aliphatic carbocycles. The summed E-state index contributed by atoms with van der Waals surface area (Å²) in [6.07, 6.45) is 2.17. The highest BCUT2D eigenvalue weighted by molar-refractivity contribution is 6.06. The number of ketones is 1. The number of rotatable bonds is 3. The summed E-state index contributed by atoms with van der Waals surface area (Å²) in [5, 5.41) is 9.54. The van der Waals surface area contributed by atoms with Gasteiger partial charge < -0.3 is 4.90 Å². The number of nitrogens with zero attached hydrogens (tertiary/aromatic N) is 2. The Kier molecular flexibility index (Phi) is 4.79. The van der Waals surface area contributed by atoms with Gasteiger partial charge in [0, 0.05) is 24.6 Å². The molecule has 0 N–H and O–H groups in total. The Bertz CT molecular complexity index is 1040. The second-order valence-corrected chi connectivity index (χ2v) is 7.77. The largest absolute Gasteiger partial charge is 0.337 e. The fourth-order valence-corrected chi connectivity index (χ4v) is 4.79. The smallest absolute Gasteiger partial charge is 0.237 e. The topological polar surface area (TPSA) is 61.2 Å². The van der Waals surface area contributed by atoms with Gasteiger partial charge in [0.1, 0.15) is 11.9 Å². The van der Waals surface area contributed by atoms with E-state index >= 15 is 0 Å². The molecular weight excluding hydrogens is 367 g/mol. The number of halogens is 1. The molecule has 0 saturated carbocycles. The van der Waals surface area contributed by atoms with Crippen LogP contribution in [0, 0.1) is 29.0 Å². The van der Waals surface area contributed by atoms with Crippen LogP contribution in [0.2, 0.25) is 0 Å². The van der Waals surface area contributed by atoms with Gasteiger partial charge in [0.15, 0.2) is 5.78 Å². The molecule has 1 fully saturated rings. The average molecular weight is 388 g/mol. The lowest BCUT2D eigenvalue weighted by Crippen LogP contribution is -2.59. The Balaban J connectivity index is 1.84. The maximum atomic E-state index is 14.2. The molecule has 1 unspecified atom stereocenters. The summed E-state index contributed by atoms with van der Waals surface area (Å²) >= 11 is 0. The average Bonchev–Trinajstić information content (AvgIpc) is 2.75. The molecule has 146 valence electrons. The van der Waals surface area contributed by atoms with Crippen molar-refractivity contribution in [1.29, 1.82) is 5.26 Å². The third-order valence-corrected chi connectivity index (χ3v) is 6.28. The molecular formula is C24H21FN2O2. The molecule has 5 heteroatoms. The van der Waals surface area contributed by atoms with Crippen LogP contribution in [0.4, 0.5) is 4.39 Å². The van der Waals surface area contributed by atoms with Crippen molar-refractivity contribution in [3.8, 4) is 6.07 Å². The van der Waals surface area contributed by atoms with Gasteiger partial charge in [-0.25, -0.2) is 4.39 Å². The molecule has 3 atom stereocenters. The van der Waals surface area contributed by atoms with E-state index in [4.69, 9.17) is 0 Å². The molecule has 29 heavy (non-hydrogen) atoms. The lowest BCUT2D eigenvalue weighted by atomic mass is 9.57. The van der Waals surface area contributed by atoms with Crippen molar-refractivity contribution in [2.24, 2.45) is 11.8 Å². The van der Waals surface area contributed by atoms with Gasteiger partial charge in [0.25, 0.3) is 0 Å². The van der Waals surface area contributed by atoms with E-state index in [9.17, 15) is 19.2 Å². The summed E-state index contributed by atoms with van der Waals surface area (Å²) in [4.78, 5) is 28.1. The summed E-state index contributed by atoms with van der Waals surface area (Å²) in [5.74, 6) is -1.42. The number of allylic oxidation sites excluding steroid dienone is 1. The molecule has 2 aliphatic rings. The molecule has 0 aromatic heterocycles. The second-order valence-electron chi connectivity index (χ2n) is 7.77. The van der Waals surface area contributed by atoms with Gasteiger partial charge in [-0.1, -0.05) is 55.5 Å². The Labute approximate surface area is 169 Å². The van der Waals surface area contributed by atoms with Crippen molar-refractivity contribution in [3.63, 3.8) is 0 Å². The lowest BCUT2D eigenvalue weighted by Gasteiger charge is -2.50. The number of carbonyl (C=O) groups excluding carboxylic acids is 2. The molecule has 2 aromatic rings. The number of amides is 1. The zero-order valence-corrected chi connectivity index (χ0v) is 16.1. The highest BCUT2D eigenvalue weighted by atomic mass is 19.1. The van der Waals surface area contributed by atoms with Crippen LogP contribution in [-0.4, -0.2) is 23.1 Å². The third kappa shape index (κ3) is 2.96. The Morgan fingerprint density at radius 2 is 1.83 bits per heavy atom. The first-order chi connectivity index (χ1) is 14.0. The molecule has 2 aromatic carbocycles. The van der Waals surface area contributed by atoms with E-state index < -0.39 is 11.3 Å². The lowest BCUT2D eigenvalue weighted by molar-refractivity contribution is -0.145. The number of nitriles is 1. The fraction of sp³-hybridized carbons (Fsp3) is 0.292. The number of Topliss-reactive ketones (excluding diaryl/α,β-unsaturated/α-hetero) is 1. The molecule has 0 bridgehead atoms. The minimum atomic E-state index is -1.09. The van der Waals surface area contributed by atoms with Crippen LogP contribution >= 0.6 is 0 Å². The normalized spacial score (nSPS) is 26.5. The first kappa shape index (κ1) is 19.1. The minimum Gasteiger partial charge on any atom is -0.337 e. The standard InChI is InChI=1S/C24H21FN2O2/c1-16-20-11-12-27(15-17-7-5-6-10-21(17)25)23(29)24(20,13-18(14-26)22(16)28)19-8-3-2-4-9-19/h2-10,13,16,20H,11-12,15H2,1H3/t16-,20?,24+/m1/s1. The van der Waals surface area contributed by atoms with Crippen molar-refractivity contribution < 1.29 is 14.0 Å². The summed E-state index contributed by atoms with van der Waals surface area (Å²) in [6, 6.07) is 17.7. The molecule has 4 rings (SSSR count). The molecule has 1 saturated heterocycles. The molecule has 1 aliphatic heterocycles. The van der Waals surface area contributed by atoms with Gasteiger partial charge in [-0.05, 0) is 30.0 Å². The van der Waals surface area contributed by atoms with Crippen LogP contribution in [0.3, 0.4) is 0 Å². The monoisotopic (exact) mass is 388 g/mol. The number of fused-ring (bicyclic) bond motifs is 1. The minimum absolute atomic E-state index is 0.0266. The van der Waals surface area contributed by atoms with Crippen LogP contribution < -0.4 is 0 Å². The summed E-state index contributed by atoms with van der Waals surface area (Å²) in [7, 11) is 0. The van der Waals surface area contributed by atoms with Crippen molar-refractivity contribution in [3.05, 3.63) is 83.2 Å². The van der Waals surface area contributed by atoms with Crippen LogP contribution in [-0.2, 0) is 21.5 Å². The first-order valence-electron chi connectivity index (χ1n) is 9.74. The van der Waals surface area contributed by atoms with Crippen molar-refractivity contribution >= 4 is 11.7 Å². The number of hydrogen-bond acceptors (Lipinski definition) is 3. The number of likely N-dealkylation sites (tertiary alicyclic amines) is 1.